The van der Waals surface area contributed by atoms with Crippen molar-refractivity contribution in [2.24, 2.45) is 5.41 Å². The first-order valence-electron chi connectivity index (χ1n) is 6.91. The molecule has 1 aromatic carbocycles. The SMILES string of the molecule is CCC1(CNC2COc3cc(O)ccc32)CCC1. The van der Waals surface area contributed by atoms with Crippen molar-refractivity contribution in [2.75, 3.05) is 13.2 Å². The largest absolute Gasteiger partial charge is 0.508 e. The van der Waals surface area contributed by atoms with Crippen LogP contribution >= 0.6 is 0 Å². The zero-order valence-corrected chi connectivity index (χ0v) is 10.9. The first kappa shape index (κ1) is 11.8. The van der Waals surface area contributed by atoms with Gasteiger partial charge in [0, 0.05) is 18.2 Å². The van der Waals surface area contributed by atoms with E-state index < -0.39 is 0 Å². The van der Waals surface area contributed by atoms with E-state index in [2.05, 4.69) is 12.2 Å². The molecule has 0 amide bonds. The minimum absolute atomic E-state index is 0.276. The van der Waals surface area contributed by atoms with Crippen molar-refractivity contribution in [3.63, 3.8) is 0 Å². The lowest BCUT2D eigenvalue weighted by molar-refractivity contribution is 0.117. The van der Waals surface area contributed by atoms with Gasteiger partial charge in [-0.25, -0.2) is 0 Å². The Bertz CT molecular complexity index is 435. The molecule has 1 aliphatic heterocycles. The third kappa shape index (κ3) is 1.97. The first-order valence-corrected chi connectivity index (χ1v) is 6.91. The third-order valence-electron chi connectivity index (χ3n) is 4.67. The van der Waals surface area contributed by atoms with Crippen LogP contribution < -0.4 is 10.1 Å². The van der Waals surface area contributed by atoms with Crippen molar-refractivity contribution in [1.29, 1.82) is 0 Å². The Balaban J connectivity index is 1.66. The molecule has 0 saturated heterocycles. The fourth-order valence-electron chi connectivity index (χ4n) is 3.04. The van der Waals surface area contributed by atoms with Gasteiger partial charge in [0.2, 0.25) is 0 Å². The Morgan fingerprint density at radius 1 is 1.44 bits per heavy atom. The number of aromatic hydroxyl groups is 1. The maximum Gasteiger partial charge on any atom is 0.127 e. The number of ether oxygens (including phenoxy) is 1. The standard InChI is InChI=1S/C15H21NO2/c1-2-15(6-3-7-15)10-16-13-9-18-14-8-11(17)4-5-12(13)14/h4-5,8,13,16-17H,2-3,6-7,9-10H2,1H3. The van der Waals surface area contributed by atoms with Crippen LogP contribution in [0.25, 0.3) is 0 Å². The van der Waals surface area contributed by atoms with Gasteiger partial charge in [-0.05, 0) is 36.8 Å². The summed E-state index contributed by atoms with van der Waals surface area (Å²) in [5.41, 5.74) is 1.71. The Morgan fingerprint density at radius 2 is 2.28 bits per heavy atom. The number of nitrogens with one attached hydrogen (secondary N) is 1. The lowest BCUT2D eigenvalue weighted by atomic mass is 9.67. The highest BCUT2D eigenvalue weighted by Gasteiger charge is 2.36. The minimum Gasteiger partial charge on any atom is -0.508 e. The number of phenolic OH excluding ortho intramolecular Hbond substituents is 1. The average molecular weight is 247 g/mol. The summed E-state index contributed by atoms with van der Waals surface area (Å²) < 4.78 is 5.62. The number of hydrogen-bond acceptors (Lipinski definition) is 3. The molecule has 0 spiro atoms. The summed E-state index contributed by atoms with van der Waals surface area (Å²) in [4.78, 5) is 0. The van der Waals surface area contributed by atoms with Gasteiger partial charge in [0.15, 0.2) is 0 Å². The summed E-state index contributed by atoms with van der Waals surface area (Å²) in [5, 5.41) is 13.1. The first-order chi connectivity index (χ1) is 8.72. The molecule has 98 valence electrons. The molecule has 0 radical (unpaired) electrons. The number of rotatable bonds is 4. The van der Waals surface area contributed by atoms with E-state index in [0.717, 1.165) is 12.3 Å². The van der Waals surface area contributed by atoms with Crippen molar-refractivity contribution in [1.82, 2.24) is 5.32 Å². The molecule has 18 heavy (non-hydrogen) atoms. The van der Waals surface area contributed by atoms with Crippen molar-refractivity contribution in [2.45, 2.75) is 38.6 Å². The smallest absolute Gasteiger partial charge is 0.127 e. The fraction of sp³-hybridized carbons (Fsp3) is 0.600. The van der Waals surface area contributed by atoms with Crippen LogP contribution in [0, 0.1) is 5.41 Å². The molecule has 1 heterocycles. The molecule has 1 saturated carbocycles. The Kier molecular flexibility index (Phi) is 2.94. The van der Waals surface area contributed by atoms with Crippen molar-refractivity contribution >= 4 is 0 Å². The summed E-state index contributed by atoms with van der Waals surface area (Å²) in [6.07, 6.45) is 5.34. The molecule has 1 fully saturated rings. The van der Waals surface area contributed by atoms with Gasteiger partial charge in [0.25, 0.3) is 0 Å². The van der Waals surface area contributed by atoms with E-state index in [0.29, 0.717) is 12.0 Å². The zero-order valence-electron chi connectivity index (χ0n) is 10.9. The van der Waals surface area contributed by atoms with Gasteiger partial charge in [0.05, 0.1) is 6.04 Å². The lowest BCUT2D eigenvalue weighted by Crippen LogP contribution is -2.41. The second kappa shape index (κ2) is 4.47. The van der Waals surface area contributed by atoms with E-state index in [-0.39, 0.29) is 11.8 Å². The monoisotopic (exact) mass is 247 g/mol. The van der Waals surface area contributed by atoms with Gasteiger partial charge >= 0.3 is 0 Å². The van der Waals surface area contributed by atoms with E-state index in [1.54, 1.807) is 12.1 Å². The topological polar surface area (TPSA) is 41.5 Å². The van der Waals surface area contributed by atoms with E-state index in [1.807, 2.05) is 6.07 Å². The normalized spacial score (nSPS) is 24.2. The van der Waals surface area contributed by atoms with Crippen molar-refractivity contribution in [3.05, 3.63) is 23.8 Å². The van der Waals surface area contributed by atoms with E-state index >= 15 is 0 Å². The Hall–Kier alpha value is -1.22. The van der Waals surface area contributed by atoms with E-state index in [1.165, 1.54) is 31.2 Å². The maximum atomic E-state index is 9.43. The second-order valence-electron chi connectivity index (χ2n) is 5.67. The van der Waals surface area contributed by atoms with Gasteiger partial charge in [-0.1, -0.05) is 13.3 Å². The highest BCUT2D eigenvalue weighted by Crippen LogP contribution is 2.44. The van der Waals surface area contributed by atoms with Crippen LogP contribution in [0.15, 0.2) is 18.2 Å². The number of benzene rings is 1. The Labute approximate surface area is 108 Å². The molecule has 3 heteroatoms. The molecular weight excluding hydrogens is 226 g/mol. The minimum atomic E-state index is 0.276. The molecular formula is C15H21NO2. The third-order valence-corrected chi connectivity index (χ3v) is 4.67. The lowest BCUT2D eigenvalue weighted by Gasteiger charge is -2.42. The van der Waals surface area contributed by atoms with Crippen LogP contribution in [0.4, 0.5) is 0 Å². The van der Waals surface area contributed by atoms with Gasteiger partial charge in [0.1, 0.15) is 18.1 Å². The van der Waals surface area contributed by atoms with Crippen LogP contribution in [-0.2, 0) is 0 Å². The molecule has 3 rings (SSSR count). The van der Waals surface area contributed by atoms with Crippen LogP contribution in [0.1, 0.15) is 44.2 Å². The van der Waals surface area contributed by atoms with Crippen molar-refractivity contribution < 1.29 is 9.84 Å². The van der Waals surface area contributed by atoms with E-state index in [4.69, 9.17) is 4.74 Å². The molecule has 1 unspecified atom stereocenters. The predicted octanol–water partition coefficient (Wildman–Crippen LogP) is 3.00. The molecule has 0 aromatic heterocycles. The number of phenols is 1. The highest BCUT2D eigenvalue weighted by molar-refractivity contribution is 5.44. The summed E-state index contributed by atoms with van der Waals surface area (Å²) in [5.74, 6) is 1.10. The summed E-state index contributed by atoms with van der Waals surface area (Å²) in [6, 6.07) is 5.69. The molecule has 2 aliphatic rings. The molecule has 2 N–H and O–H groups in total. The van der Waals surface area contributed by atoms with Gasteiger partial charge in [-0.15, -0.1) is 0 Å². The van der Waals surface area contributed by atoms with Gasteiger partial charge < -0.3 is 15.2 Å². The van der Waals surface area contributed by atoms with Crippen molar-refractivity contribution in [3.8, 4) is 11.5 Å². The number of hydrogen-bond donors (Lipinski definition) is 2. The predicted molar refractivity (Wildman–Crippen MR) is 70.9 cm³/mol. The van der Waals surface area contributed by atoms with Crippen LogP contribution in [-0.4, -0.2) is 18.3 Å². The second-order valence-corrected chi connectivity index (χ2v) is 5.67. The fourth-order valence-corrected chi connectivity index (χ4v) is 3.04. The van der Waals surface area contributed by atoms with Crippen LogP contribution in [0.5, 0.6) is 11.5 Å². The molecule has 3 nitrogen and oxygen atoms in total. The molecule has 0 bridgehead atoms. The van der Waals surface area contributed by atoms with E-state index in [9.17, 15) is 5.11 Å². The molecule has 1 aliphatic carbocycles. The van der Waals surface area contributed by atoms with Crippen LogP contribution in [0.3, 0.4) is 0 Å². The maximum absolute atomic E-state index is 9.43. The molecule has 1 aromatic rings. The highest BCUT2D eigenvalue weighted by atomic mass is 16.5. The summed E-state index contributed by atoms with van der Waals surface area (Å²) in [7, 11) is 0. The quantitative estimate of drug-likeness (QED) is 0.859. The summed E-state index contributed by atoms with van der Waals surface area (Å²) in [6.45, 7) is 4.05. The molecule has 1 atom stereocenters. The summed E-state index contributed by atoms with van der Waals surface area (Å²) >= 11 is 0. The average Bonchev–Trinajstić information content (AvgIpc) is 2.71. The number of fused-ring (bicyclic) bond motifs is 1. The van der Waals surface area contributed by atoms with Gasteiger partial charge in [-0.2, -0.15) is 0 Å². The van der Waals surface area contributed by atoms with Crippen LogP contribution in [0.2, 0.25) is 0 Å². The zero-order chi connectivity index (χ0) is 12.6. The van der Waals surface area contributed by atoms with Gasteiger partial charge in [-0.3, -0.25) is 0 Å². The Morgan fingerprint density at radius 3 is 2.94 bits per heavy atom.